The van der Waals surface area contributed by atoms with E-state index in [0.29, 0.717) is 13.2 Å². The second-order valence-corrected chi connectivity index (χ2v) is 5.96. The number of esters is 1. The van der Waals surface area contributed by atoms with Crippen LogP contribution in [-0.4, -0.2) is 24.8 Å². The normalized spacial score (nSPS) is 25.7. The first-order valence-corrected chi connectivity index (χ1v) is 7.05. The van der Waals surface area contributed by atoms with E-state index < -0.39 is 5.60 Å². The maximum Gasteiger partial charge on any atom is 0.339 e. The number of ether oxygens (including phenoxy) is 2. The molecule has 20 heavy (non-hydrogen) atoms. The van der Waals surface area contributed by atoms with Crippen LogP contribution in [0.2, 0.25) is 0 Å². The Hall–Kier alpha value is -1.61. The smallest absolute Gasteiger partial charge is 0.339 e. The highest BCUT2D eigenvalue weighted by atomic mass is 16.6. The van der Waals surface area contributed by atoms with Crippen LogP contribution in [0.1, 0.15) is 35.6 Å². The zero-order valence-corrected chi connectivity index (χ0v) is 12.5. The van der Waals surface area contributed by atoms with E-state index in [2.05, 4.69) is 32.9 Å². The van der Waals surface area contributed by atoms with Gasteiger partial charge in [0.05, 0.1) is 18.8 Å². The van der Waals surface area contributed by atoms with Gasteiger partial charge >= 0.3 is 5.97 Å². The molecule has 1 unspecified atom stereocenters. The number of aryl methyl sites for hydroxylation is 3. The first-order valence-electron chi connectivity index (χ1n) is 7.05. The number of rotatable bonds is 1. The van der Waals surface area contributed by atoms with Crippen LogP contribution in [0.3, 0.4) is 0 Å². The molecule has 2 aliphatic heterocycles. The number of hydrogen-bond donors (Lipinski definition) is 0. The minimum atomic E-state index is -0.518. The van der Waals surface area contributed by atoms with Crippen molar-refractivity contribution in [2.45, 2.75) is 39.7 Å². The molecule has 1 atom stereocenters. The van der Waals surface area contributed by atoms with E-state index in [4.69, 9.17) is 9.47 Å². The van der Waals surface area contributed by atoms with Crippen molar-refractivity contribution in [3.8, 4) is 0 Å². The van der Waals surface area contributed by atoms with Crippen molar-refractivity contribution in [2.75, 3.05) is 13.2 Å². The molecule has 1 aromatic rings. The lowest BCUT2D eigenvalue weighted by atomic mass is 9.86. The topological polar surface area (TPSA) is 35.5 Å². The molecule has 1 fully saturated rings. The van der Waals surface area contributed by atoms with Crippen molar-refractivity contribution in [3.05, 3.63) is 40.0 Å². The third kappa shape index (κ3) is 1.80. The maximum absolute atomic E-state index is 12.4. The fraction of sp³-hybridized carbons (Fsp3) is 0.471. The predicted molar refractivity (Wildman–Crippen MR) is 77.5 cm³/mol. The molecule has 0 amide bonds. The summed E-state index contributed by atoms with van der Waals surface area (Å²) in [6, 6.07) is 4.23. The lowest BCUT2D eigenvalue weighted by Crippen LogP contribution is -2.31. The van der Waals surface area contributed by atoms with Crippen LogP contribution < -0.4 is 0 Å². The highest BCUT2D eigenvalue weighted by Crippen LogP contribution is 2.43. The summed E-state index contributed by atoms with van der Waals surface area (Å²) >= 11 is 0. The van der Waals surface area contributed by atoms with Crippen molar-refractivity contribution in [2.24, 2.45) is 0 Å². The molecule has 0 N–H and O–H groups in total. The summed E-state index contributed by atoms with van der Waals surface area (Å²) < 4.78 is 11.1. The van der Waals surface area contributed by atoms with Crippen LogP contribution in [0.15, 0.2) is 17.7 Å². The summed E-state index contributed by atoms with van der Waals surface area (Å²) in [6.45, 7) is 9.33. The van der Waals surface area contributed by atoms with Gasteiger partial charge in [-0.25, -0.2) is 4.79 Å². The lowest BCUT2D eigenvalue weighted by Gasteiger charge is -2.21. The van der Waals surface area contributed by atoms with Crippen molar-refractivity contribution in [1.82, 2.24) is 0 Å². The SMILES string of the molecule is CC1=C(c2c(C)cc(C)cc2C)C(=O)OC12CCOC2. The third-order valence-corrected chi connectivity index (χ3v) is 4.46. The molecule has 2 heterocycles. The fourth-order valence-electron chi connectivity index (χ4n) is 3.47. The summed E-state index contributed by atoms with van der Waals surface area (Å²) in [7, 11) is 0. The van der Waals surface area contributed by atoms with Gasteiger partial charge in [0.2, 0.25) is 0 Å². The Morgan fingerprint density at radius 1 is 1.10 bits per heavy atom. The minimum Gasteiger partial charge on any atom is -0.448 e. The van der Waals surface area contributed by atoms with Crippen LogP contribution >= 0.6 is 0 Å². The molecule has 0 aliphatic carbocycles. The van der Waals surface area contributed by atoms with Gasteiger partial charge in [0.15, 0.2) is 5.60 Å². The highest BCUT2D eigenvalue weighted by molar-refractivity contribution is 6.21. The molecule has 1 spiro atoms. The molecule has 0 radical (unpaired) electrons. The summed E-state index contributed by atoms with van der Waals surface area (Å²) in [5.41, 5.74) is 5.75. The second kappa shape index (κ2) is 4.45. The van der Waals surface area contributed by atoms with E-state index in [0.717, 1.165) is 34.3 Å². The minimum absolute atomic E-state index is 0.206. The monoisotopic (exact) mass is 272 g/mol. The van der Waals surface area contributed by atoms with Crippen LogP contribution in [-0.2, 0) is 14.3 Å². The summed E-state index contributed by atoms with van der Waals surface area (Å²) in [6.07, 6.45) is 0.762. The molecule has 3 nitrogen and oxygen atoms in total. The standard InChI is InChI=1S/C17H20O3/c1-10-7-11(2)14(12(3)8-10)15-13(4)17(20-16(15)18)5-6-19-9-17/h7-8H,5-6,9H2,1-4H3. The number of carbonyl (C=O) groups is 1. The van der Waals surface area contributed by atoms with E-state index in [9.17, 15) is 4.79 Å². The van der Waals surface area contributed by atoms with E-state index in [-0.39, 0.29) is 5.97 Å². The number of hydrogen-bond acceptors (Lipinski definition) is 3. The largest absolute Gasteiger partial charge is 0.448 e. The summed E-state index contributed by atoms with van der Waals surface area (Å²) in [4.78, 5) is 12.4. The lowest BCUT2D eigenvalue weighted by molar-refractivity contribution is -0.145. The molecule has 0 aromatic heterocycles. The van der Waals surface area contributed by atoms with E-state index in [1.807, 2.05) is 6.92 Å². The van der Waals surface area contributed by atoms with Crippen LogP contribution in [0, 0.1) is 20.8 Å². The van der Waals surface area contributed by atoms with Crippen molar-refractivity contribution < 1.29 is 14.3 Å². The molecule has 1 saturated heterocycles. The van der Waals surface area contributed by atoms with Crippen molar-refractivity contribution in [1.29, 1.82) is 0 Å². The molecule has 0 bridgehead atoms. The quantitative estimate of drug-likeness (QED) is 0.737. The number of benzene rings is 1. The Kier molecular flexibility index (Phi) is 2.98. The molecule has 3 heteroatoms. The Morgan fingerprint density at radius 3 is 2.30 bits per heavy atom. The third-order valence-electron chi connectivity index (χ3n) is 4.46. The average Bonchev–Trinajstić information content (AvgIpc) is 2.89. The van der Waals surface area contributed by atoms with Gasteiger partial charge in [-0.15, -0.1) is 0 Å². The van der Waals surface area contributed by atoms with E-state index in [1.54, 1.807) is 0 Å². The van der Waals surface area contributed by atoms with Gasteiger partial charge in [0, 0.05) is 6.42 Å². The molecule has 2 aliphatic rings. The maximum atomic E-state index is 12.4. The van der Waals surface area contributed by atoms with Gasteiger partial charge in [-0.3, -0.25) is 0 Å². The fourth-order valence-corrected chi connectivity index (χ4v) is 3.47. The van der Waals surface area contributed by atoms with Crippen molar-refractivity contribution in [3.63, 3.8) is 0 Å². The predicted octanol–water partition coefficient (Wildman–Crippen LogP) is 3.10. The molecule has 0 saturated carbocycles. The summed E-state index contributed by atoms with van der Waals surface area (Å²) in [5.74, 6) is -0.206. The average molecular weight is 272 g/mol. The highest BCUT2D eigenvalue weighted by Gasteiger charge is 2.48. The number of carbonyl (C=O) groups excluding carboxylic acids is 1. The van der Waals surface area contributed by atoms with Gasteiger partial charge < -0.3 is 9.47 Å². The first kappa shape index (κ1) is 13.4. The first-order chi connectivity index (χ1) is 9.44. The Morgan fingerprint density at radius 2 is 1.75 bits per heavy atom. The second-order valence-electron chi connectivity index (χ2n) is 5.96. The van der Waals surface area contributed by atoms with E-state index in [1.165, 1.54) is 5.56 Å². The van der Waals surface area contributed by atoms with E-state index >= 15 is 0 Å². The molecular formula is C17H20O3. The van der Waals surface area contributed by atoms with Crippen LogP contribution in [0.5, 0.6) is 0 Å². The zero-order chi connectivity index (χ0) is 14.5. The van der Waals surface area contributed by atoms with Crippen molar-refractivity contribution >= 4 is 11.5 Å². The molecule has 1 aromatic carbocycles. The van der Waals surface area contributed by atoms with Gasteiger partial charge in [0.1, 0.15) is 0 Å². The molecule has 106 valence electrons. The van der Waals surface area contributed by atoms with Gasteiger partial charge in [-0.2, -0.15) is 0 Å². The van der Waals surface area contributed by atoms with Crippen LogP contribution in [0.4, 0.5) is 0 Å². The zero-order valence-electron chi connectivity index (χ0n) is 12.5. The van der Waals surface area contributed by atoms with Gasteiger partial charge in [-0.05, 0) is 50.0 Å². The Labute approximate surface area is 119 Å². The Bertz CT molecular complexity index is 596. The van der Waals surface area contributed by atoms with Gasteiger partial charge in [-0.1, -0.05) is 17.7 Å². The van der Waals surface area contributed by atoms with Gasteiger partial charge in [0.25, 0.3) is 0 Å². The molecule has 3 rings (SSSR count). The molecular weight excluding hydrogens is 252 g/mol. The van der Waals surface area contributed by atoms with Crippen LogP contribution in [0.25, 0.3) is 5.57 Å². The Balaban J connectivity index is 2.19. The summed E-state index contributed by atoms with van der Waals surface area (Å²) in [5, 5.41) is 0.